The lowest BCUT2D eigenvalue weighted by Gasteiger charge is -2.14. The molecular formula is C37H22N2S. The average Bonchev–Trinajstić information content (AvgIpc) is 3.56. The topological polar surface area (TPSA) is 17.8 Å². The first-order chi connectivity index (χ1) is 19.8. The number of thiophene rings is 1. The van der Waals surface area contributed by atoms with E-state index in [0.29, 0.717) is 0 Å². The largest absolute Gasteiger partial charge is 0.307 e. The van der Waals surface area contributed by atoms with Crippen molar-refractivity contribution in [1.82, 2.24) is 9.55 Å². The Kier molecular flexibility index (Phi) is 4.52. The molecule has 0 spiro atoms. The SMILES string of the molecule is c1ccc(-c2ccc3c(n2)c2c4sc5ccccc5c4ccc2n3-c2cc3ccccc3c3ccccc23)cc1. The Hall–Kier alpha value is -4.99. The Bertz CT molecular complexity index is 2430. The van der Waals surface area contributed by atoms with Crippen LogP contribution in [0.3, 0.4) is 0 Å². The van der Waals surface area contributed by atoms with Crippen LogP contribution < -0.4 is 0 Å². The fourth-order valence-electron chi connectivity index (χ4n) is 6.39. The molecule has 40 heavy (non-hydrogen) atoms. The normalized spacial score (nSPS) is 12.0. The Balaban J connectivity index is 1.49. The van der Waals surface area contributed by atoms with Crippen molar-refractivity contribution in [3.8, 4) is 16.9 Å². The van der Waals surface area contributed by atoms with Gasteiger partial charge in [-0.05, 0) is 46.5 Å². The van der Waals surface area contributed by atoms with Crippen molar-refractivity contribution in [2.45, 2.75) is 0 Å². The number of aromatic nitrogens is 2. The van der Waals surface area contributed by atoms with Crippen LogP contribution >= 0.6 is 11.3 Å². The fourth-order valence-corrected chi connectivity index (χ4v) is 7.63. The molecule has 0 saturated carbocycles. The van der Waals surface area contributed by atoms with E-state index in [2.05, 4.69) is 138 Å². The lowest BCUT2D eigenvalue weighted by atomic mass is 10.00. The summed E-state index contributed by atoms with van der Waals surface area (Å²) in [4.78, 5) is 5.37. The number of benzene rings is 6. The first-order valence-corrected chi connectivity index (χ1v) is 14.4. The minimum absolute atomic E-state index is 0.994. The zero-order chi connectivity index (χ0) is 26.2. The van der Waals surface area contributed by atoms with E-state index in [1.54, 1.807) is 0 Å². The fraction of sp³-hybridized carbons (Fsp3) is 0. The molecule has 0 unspecified atom stereocenters. The summed E-state index contributed by atoms with van der Waals surface area (Å²) >= 11 is 1.87. The lowest BCUT2D eigenvalue weighted by Crippen LogP contribution is -1.96. The van der Waals surface area contributed by atoms with Crippen molar-refractivity contribution in [2.75, 3.05) is 0 Å². The number of fused-ring (bicyclic) bond motifs is 10. The smallest absolute Gasteiger partial charge is 0.0985 e. The molecule has 9 aromatic rings. The van der Waals surface area contributed by atoms with Gasteiger partial charge in [0.15, 0.2) is 0 Å². The molecule has 3 heterocycles. The number of nitrogens with zero attached hydrogens (tertiary/aromatic N) is 2. The summed E-state index contributed by atoms with van der Waals surface area (Å²) < 4.78 is 5.04. The molecule has 186 valence electrons. The van der Waals surface area contributed by atoms with Crippen molar-refractivity contribution in [3.05, 3.63) is 133 Å². The molecule has 0 aliphatic rings. The highest BCUT2D eigenvalue weighted by atomic mass is 32.1. The molecule has 0 saturated heterocycles. The maximum Gasteiger partial charge on any atom is 0.0985 e. The van der Waals surface area contributed by atoms with Crippen molar-refractivity contribution in [1.29, 1.82) is 0 Å². The summed E-state index contributed by atoms with van der Waals surface area (Å²) in [7, 11) is 0. The summed E-state index contributed by atoms with van der Waals surface area (Å²) in [5.41, 5.74) is 6.67. The van der Waals surface area contributed by atoms with Gasteiger partial charge < -0.3 is 4.57 Å². The Morgan fingerprint density at radius 1 is 0.525 bits per heavy atom. The average molecular weight is 527 g/mol. The molecular weight excluding hydrogens is 504 g/mol. The van der Waals surface area contributed by atoms with E-state index in [4.69, 9.17) is 4.98 Å². The van der Waals surface area contributed by atoms with Gasteiger partial charge >= 0.3 is 0 Å². The van der Waals surface area contributed by atoms with Gasteiger partial charge in [-0.15, -0.1) is 11.3 Å². The van der Waals surface area contributed by atoms with Gasteiger partial charge in [-0.3, -0.25) is 0 Å². The van der Waals surface area contributed by atoms with Crippen LogP contribution in [0.4, 0.5) is 0 Å². The molecule has 6 aromatic carbocycles. The van der Waals surface area contributed by atoms with Crippen LogP contribution in [0.25, 0.3) is 80.6 Å². The molecule has 0 aliphatic carbocycles. The summed E-state index contributed by atoms with van der Waals surface area (Å²) in [5.74, 6) is 0. The van der Waals surface area contributed by atoms with Crippen LogP contribution in [0.15, 0.2) is 133 Å². The van der Waals surface area contributed by atoms with E-state index >= 15 is 0 Å². The van der Waals surface area contributed by atoms with Crippen LogP contribution in [0.5, 0.6) is 0 Å². The van der Waals surface area contributed by atoms with Gasteiger partial charge in [-0.2, -0.15) is 0 Å². The van der Waals surface area contributed by atoms with E-state index < -0.39 is 0 Å². The number of hydrogen-bond donors (Lipinski definition) is 0. The first kappa shape index (κ1) is 21.9. The molecule has 2 nitrogen and oxygen atoms in total. The second-order valence-corrected chi connectivity index (χ2v) is 11.4. The molecule has 0 fully saturated rings. The van der Waals surface area contributed by atoms with Gasteiger partial charge in [0.25, 0.3) is 0 Å². The van der Waals surface area contributed by atoms with Gasteiger partial charge in [0.2, 0.25) is 0 Å². The number of pyridine rings is 1. The van der Waals surface area contributed by atoms with Crippen molar-refractivity contribution in [3.63, 3.8) is 0 Å². The number of hydrogen-bond acceptors (Lipinski definition) is 2. The van der Waals surface area contributed by atoms with Crippen LogP contribution in [0.1, 0.15) is 0 Å². The first-order valence-electron chi connectivity index (χ1n) is 13.6. The monoisotopic (exact) mass is 526 g/mol. The second-order valence-electron chi connectivity index (χ2n) is 10.4. The van der Waals surface area contributed by atoms with Crippen LogP contribution in [-0.2, 0) is 0 Å². The van der Waals surface area contributed by atoms with Crippen LogP contribution in [0.2, 0.25) is 0 Å². The van der Waals surface area contributed by atoms with Gasteiger partial charge in [0.05, 0.1) is 27.9 Å². The summed E-state index contributed by atoms with van der Waals surface area (Å²) in [5, 5.41) is 8.85. The zero-order valence-electron chi connectivity index (χ0n) is 21.5. The maximum atomic E-state index is 5.37. The molecule has 0 radical (unpaired) electrons. The van der Waals surface area contributed by atoms with E-state index in [1.807, 2.05) is 11.3 Å². The Morgan fingerprint density at radius 3 is 2.10 bits per heavy atom. The van der Waals surface area contributed by atoms with Crippen LogP contribution in [-0.4, -0.2) is 9.55 Å². The molecule has 0 aliphatic heterocycles. The van der Waals surface area contributed by atoms with Gasteiger partial charge in [-0.25, -0.2) is 4.98 Å². The zero-order valence-corrected chi connectivity index (χ0v) is 22.3. The third-order valence-electron chi connectivity index (χ3n) is 8.17. The predicted molar refractivity (Wildman–Crippen MR) is 172 cm³/mol. The summed E-state index contributed by atoms with van der Waals surface area (Å²) in [6.07, 6.45) is 0. The van der Waals surface area contributed by atoms with E-state index in [0.717, 1.165) is 22.3 Å². The third kappa shape index (κ3) is 3.01. The minimum Gasteiger partial charge on any atom is -0.307 e. The Labute approximate surface area is 234 Å². The van der Waals surface area contributed by atoms with E-state index in [1.165, 1.54) is 58.3 Å². The predicted octanol–water partition coefficient (Wildman–Crippen LogP) is 10.5. The van der Waals surface area contributed by atoms with Gasteiger partial charge in [-0.1, -0.05) is 103 Å². The van der Waals surface area contributed by atoms with Crippen LogP contribution in [0, 0.1) is 0 Å². The third-order valence-corrected chi connectivity index (χ3v) is 9.38. The van der Waals surface area contributed by atoms with E-state index in [-0.39, 0.29) is 0 Å². The quantitative estimate of drug-likeness (QED) is 0.205. The highest BCUT2D eigenvalue weighted by Gasteiger charge is 2.20. The summed E-state index contributed by atoms with van der Waals surface area (Å²) in [6.45, 7) is 0. The molecule has 0 N–H and O–H groups in total. The highest BCUT2D eigenvalue weighted by Crippen LogP contribution is 2.44. The molecule has 0 amide bonds. The van der Waals surface area contributed by atoms with Crippen molar-refractivity contribution in [2.24, 2.45) is 0 Å². The standard InChI is InChI=1S/C37H22N2S/c1-2-10-23(11-3-1)30-19-21-32-36(38-30)35-31(20-18-29-28-16-8-9-17-34(28)40-37(29)35)39(32)33-22-24-12-4-5-13-25(24)26-14-6-7-15-27(26)33/h1-22H. The second kappa shape index (κ2) is 8.25. The molecule has 0 bridgehead atoms. The van der Waals surface area contributed by atoms with Crippen molar-refractivity contribution < 1.29 is 0 Å². The minimum atomic E-state index is 0.994. The van der Waals surface area contributed by atoms with Gasteiger partial charge in [0, 0.05) is 36.5 Å². The van der Waals surface area contributed by atoms with Crippen molar-refractivity contribution >= 4 is 75.0 Å². The Morgan fingerprint density at radius 2 is 1.23 bits per heavy atom. The molecule has 3 aromatic heterocycles. The highest BCUT2D eigenvalue weighted by molar-refractivity contribution is 7.26. The lowest BCUT2D eigenvalue weighted by molar-refractivity contribution is 1.20. The summed E-state index contributed by atoms with van der Waals surface area (Å²) in [6, 6.07) is 48.0. The van der Waals surface area contributed by atoms with Gasteiger partial charge in [0.1, 0.15) is 0 Å². The van der Waals surface area contributed by atoms with E-state index in [9.17, 15) is 0 Å². The molecule has 3 heteroatoms. The number of rotatable bonds is 2. The molecule has 0 atom stereocenters. The molecule has 9 rings (SSSR count). The maximum absolute atomic E-state index is 5.37.